The van der Waals surface area contributed by atoms with Crippen molar-refractivity contribution in [3.63, 3.8) is 0 Å². The first-order valence-electron chi connectivity index (χ1n) is 13.3. The minimum atomic E-state index is -4.60. The topological polar surface area (TPSA) is 96.5 Å². The van der Waals surface area contributed by atoms with Gasteiger partial charge in [0.25, 0.3) is 11.8 Å². The minimum absolute atomic E-state index is 0.00639. The summed E-state index contributed by atoms with van der Waals surface area (Å²) in [5.41, 5.74) is 0.222. The van der Waals surface area contributed by atoms with E-state index in [0.717, 1.165) is 17.8 Å². The Labute approximate surface area is 256 Å². The first kappa shape index (κ1) is 31.9. The molecule has 3 amide bonds. The molecule has 0 saturated heterocycles. The van der Waals surface area contributed by atoms with Gasteiger partial charge in [0.05, 0.1) is 23.6 Å². The van der Waals surface area contributed by atoms with Gasteiger partial charge in [-0.3, -0.25) is 14.4 Å². The van der Waals surface area contributed by atoms with E-state index in [0.29, 0.717) is 27.5 Å². The molecular weight excluding hydrogens is 591 g/mol. The first-order valence-corrected chi connectivity index (χ1v) is 14.2. The number of amides is 3. The molecule has 0 radical (unpaired) electrons. The molecule has 0 spiro atoms. The fourth-order valence-electron chi connectivity index (χ4n) is 3.96. The van der Waals surface area contributed by atoms with Crippen LogP contribution in [0.1, 0.15) is 28.4 Å². The highest BCUT2D eigenvalue weighted by molar-refractivity contribution is 8.00. The van der Waals surface area contributed by atoms with Gasteiger partial charge in [0.15, 0.2) is 0 Å². The summed E-state index contributed by atoms with van der Waals surface area (Å²) in [6, 6.07) is 26.8. The van der Waals surface area contributed by atoms with Crippen molar-refractivity contribution >= 4 is 46.9 Å². The highest BCUT2D eigenvalue weighted by atomic mass is 32.2. The van der Waals surface area contributed by atoms with Gasteiger partial charge in [0.2, 0.25) is 5.91 Å². The molecule has 7 nitrogen and oxygen atoms in total. The van der Waals surface area contributed by atoms with E-state index in [9.17, 15) is 27.6 Å². The summed E-state index contributed by atoms with van der Waals surface area (Å²) < 4.78 is 45.0. The fourth-order valence-corrected chi connectivity index (χ4v) is 4.82. The molecule has 4 rings (SSSR count). The van der Waals surface area contributed by atoms with Gasteiger partial charge in [-0.2, -0.15) is 13.2 Å². The molecular formula is C33H28F3N3O4S. The van der Waals surface area contributed by atoms with Crippen LogP contribution in [0.25, 0.3) is 6.08 Å². The number of carbonyl (C=O) groups excluding carboxylic acids is 3. The van der Waals surface area contributed by atoms with Crippen molar-refractivity contribution in [2.75, 3.05) is 17.7 Å². The predicted octanol–water partition coefficient (Wildman–Crippen LogP) is 7.24. The molecule has 0 aliphatic heterocycles. The number of para-hydroxylation sites is 1. The van der Waals surface area contributed by atoms with E-state index >= 15 is 0 Å². The number of thioether (sulfide) groups is 1. The van der Waals surface area contributed by atoms with Gasteiger partial charge in [-0.05, 0) is 79.2 Å². The Kier molecular flexibility index (Phi) is 10.5. The van der Waals surface area contributed by atoms with Crippen molar-refractivity contribution in [1.29, 1.82) is 0 Å². The molecule has 4 aromatic rings. The Hall–Kier alpha value is -5.03. The monoisotopic (exact) mass is 619 g/mol. The number of benzene rings is 4. The number of hydrogen-bond acceptors (Lipinski definition) is 5. The van der Waals surface area contributed by atoms with Gasteiger partial charge >= 0.3 is 6.18 Å². The second-order valence-corrected chi connectivity index (χ2v) is 10.8. The molecule has 0 bridgehead atoms. The van der Waals surface area contributed by atoms with Crippen molar-refractivity contribution in [1.82, 2.24) is 5.32 Å². The van der Waals surface area contributed by atoms with E-state index in [4.69, 9.17) is 4.74 Å². The van der Waals surface area contributed by atoms with Crippen molar-refractivity contribution in [2.45, 2.75) is 23.2 Å². The number of alkyl halides is 3. The number of nitrogens with one attached hydrogen (secondary N) is 3. The third kappa shape index (κ3) is 8.74. The van der Waals surface area contributed by atoms with Gasteiger partial charge in [-0.15, -0.1) is 11.8 Å². The van der Waals surface area contributed by atoms with Crippen LogP contribution in [0, 0.1) is 0 Å². The summed E-state index contributed by atoms with van der Waals surface area (Å²) in [6.07, 6.45) is -3.06. The van der Waals surface area contributed by atoms with Gasteiger partial charge in [-0.25, -0.2) is 0 Å². The van der Waals surface area contributed by atoms with E-state index in [2.05, 4.69) is 16.0 Å². The Morgan fingerprint density at radius 1 is 0.818 bits per heavy atom. The molecule has 4 aromatic carbocycles. The molecule has 1 atom stereocenters. The summed E-state index contributed by atoms with van der Waals surface area (Å²) in [4.78, 5) is 39.4. The maximum Gasteiger partial charge on any atom is 0.418 e. The highest BCUT2D eigenvalue weighted by Crippen LogP contribution is 2.35. The van der Waals surface area contributed by atoms with Crippen molar-refractivity contribution in [3.8, 4) is 5.75 Å². The molecule has 44 heavy (non-hydrogen) atoms. The molecule has 0 aliphatic rings. The fraction of sp³-hybridized carbons (Fsp3) is 0.121. The van der Waals surface area contributed by atoms with E-state index in [-0.39, 0.29) is 11.4 Å². The smallest absolute Gasteiger partial charge is 0.418 e. The Morgan fingerprint density at radius 3 is 2.09 bits per heavy atom. The average molecular weight is 620 g/mol. The first-order chi connectivity index (χ1) is 21.0. The van der Waals surface area contributed by atoms with E-state index in [1.807, 2.05) is 0 Å². The van der Waals surface area contributed by atoms with Crippen LogP contribution in [0.15, 0.2) is 114 Å². The number of hydrogen-bond donors (Lipinski definition) is 3. The van der Waals surface area contributed by atoms with Crippen LogP contribution in [-0.4, -0.2) is 30.1 Å². The van der Waals surface area contributed by atoms with Crippen LogP contribution in [0.2, 0.25) is 0 Å². The van der Waals surface area contributed by atoms with Gasteiger partial charge in [-0.1, -0.05) is 42.5 Å². The second kappa shape index (κ2) is 14.4. The number of carbonyl (C=O) groups is 3. The number of methoxy groups -OCH3 is 1. The third-order valence-electron chi connectivity index (χ3n) is 6.24. The molecule has 0 aliphatic carbocycles. The minimum Gasteiger partial charge on any atom is -0.497 e. The number of ether oxygens (including phenoxy) is 1. The lowest BCUT2D eigenvalue weighted by Crippen LogP contribution is -2.30. The molecule has 0 saturated carbocycles. The second-order valence-electron chi connectivity index (χ2n) is 9.42. The quantitative estimate of drug-likeness (QED) is 0.128. The Morgan fingerprint density at radius 2 is 1.45 bits per heavy atom. The van der Waals surface area contributed by atoms with Crippen LogP contribution in [0.5, 0.6) is 5.75 Å². The molecule has 11 heteroatoms. The van der Waals surface area contributed by atoms with Crippen LogP contribution in [-0.2, 0) is 15.8 Å². The van der Waals surface area contributed by atoms with Gasteiger partial charge in [0, 0.05) is 16.1 Å². The summed E-state index contributed by atoms with van der Waals surface area (Å²) in [6.45, 7) is 1.58. The van der Waals surface area contributed by atoms with E-state index in [1.165, 1.54) is 24.3 Å². The predicted molar refractivity (Wildman–Crippen MR) is 165 cm³/mol. The zero-order valence-corrected chi connectivity index (χ0v) is 24.5. The highest BCUT2D eigenvalue weighted by Gasteiger charge is 2.34. The summed E-state index contributed by atoms with van der Waals surface area (Å²) >= 11 is 1.14. The molecule has 1 unspecified atom stereocenters. The largest absolute Gasteiger partial charge is 0.497 e. The third-order valence-corrected chi connectivity index (χ3v) is 7.35. The van der Waals surface area contributed by atoms with Gasteiger partial charge in [0.1, 0.15) is 11.4 Å². The van der Waals surface area contributed by atoms with Crippen LogP contribution in [0.3, 0.4) is 0 Å². The number of halogens is 3. The Balaban J connectivity index is 1.44. The standard InChI is InChI=1S/C33H28F3N3O4S/c1-21(30(40)38-28-11-7-6-10-27(28)33(34,35)36)44-26-18-14-24(15-19-26)37-32(42)29(20-22-12-16-25(43-2)17-13-22)39-31(41)23-8-4-3-5-9-23/h3-21H,1-2H3,(H,37,42)(H,38,40)(H,39,41)/b29-20-. The molecule has 3 N–H and O–H groups in total. The number of rotatable bonds is 10. The van der Waals surface area contributed by atoms with Gasteiger partial charge < -0.3 is 20.7 Å². The van der Waals surface area contributed by atoms with Crippen molar-refractivity contribution < 1.29 is 32.3 Å². The van der Waals surface area contributed by atoms with Crippen molar-refractivity contribution in [2.24, 2.45) is 0 Å². The lowest BCUT2D eigenvalue weighted by atomic mass is 10.1. The Bertz CT molecular complexity index is 1640. The molecule has 226 valence electrons. The lowest BCUT2D eigenvalue weighted by Gasteiger charge is -2.16. The van der Waals surface area contributed by atoms with Crippen LogP contribution < -0.4 is 20.7 Å². The summed E-state index contributed by atoms with van der Waals surface area (Å²) in [5, 5.41) is 7.07. The van der Waals surface area contributed by atoms with Crippen LogP contribution >= 0.6 is 11.8 Å². The zero-order valence-electron chi connectivity index (χ0n) is 23.6. The van der Waals surface area contributed by atoms with Crippen LogP contribution in [0.4, 0.5) is 24.5 Å². The molecule has 0 fully saturated rings. The normalized spacial score (nSPS) is 12.2. The lowest BCUT2D eigenvalue weighted by molar-refractivity contribution is -0.137. The zero-order chi connectivity index (χ0) is 31.7. The van der Waals surface area contributed by atoms with Crippen molar-refractivity contribution in [3.05, 3.63) is 126 Å². The van der Waals surface area contributed by atoms with E-state index in [1.54, 1.807) is 92.9 Å². The molecule has 0 heterocycles. The summed E-state index contributed by atoms with van der Waals surface area (Å²) in [7, 11) is 1.54. The average Bonchev–Trinajstić information content (AvgIpc) is 3.02. The SMILES string of the molecule is COc1ccc(/C=C(\NC(=O)c2ccccc2)C(=O)Nc2ccc(SC(C)C(=O)Nc3ccccc3C(F)(F)F)cc2)cc1. The maximum absolute atomic E-state index is 13.3. The van der Waals surface area contributed by atoms with E-state index < -0.39 is 34.7 Å². The summed E-state index contributed by atoms with van der Waals surface area (Å²) in [5.74, 6) is -0.983. The molecule has 0 aromatic heterocycles. The number of anilines is 2. The maximum atomic E-state index is 13.3.